The summed E-state index contributed by atoms with van der Waals surface area (Å²) in [6, 6.07) is 32.8. The fraction of sp³-hybridized carbons (Fsp3) is 0.333. The molecule has 0 aromatic heterocycles. The number of fused-ring (bicyclic) bond motifs is 2. The smallest absolute Gasteiger partial charge is 0.00983 e. The van der Waals surface area contributed by atoms with E-state index < -0.39 is 0 Å². The quantitative estimate of drug-likeness (QED) is 0.321. The minimum Gasteiger partial charge on any atom is -0.300 e. The second kappa shape index (κ2) is 9.24. The molecule has 0 bridgehead atoms. The lowest BCUT2D eigenvalue weighted by atomic mass is 9.89. The molecule has 0 aliphatic carbocycles. The fourth-order valence-corrected chi connectivity index (χ4v) is 5.45. The van der Waals surface area contributed by atoms with Crippen molar-refractivity contribution in [3.63, 3.8) is 0 Å². The molecule has 1 aliphatic heterocycles. The third kappa shape index (κ3) is 4.67. The molecule has 1 heterocycles. The Hall–Kier alpha value is -2.64. The number of aryl methyl sites for hydroxylation is 2. The molecule has 0 spiro atoms. The van der Waals surface area contributed by atoms with Crippen LogP contribution in [0.3, 0.4) is 0 Å². The molecule has 2 atom stereocenters. The first kappa shape index (κ1) is 20.3. The highest BCUT2D eigenvalue weighted by atomic mass is 15.2. The highest BCUT2D eigenvalue weighted by molar-refractivity contribution is 5.83. The number of hydrogen-bond acceptors (Lipinski definition) is 1. The molecule has 1 saturated heterocycles. The van der Waals surface area contributed by atoms with Crippen molar-refractivity contribution in [2.45, 2.75) is 57.0 Å². The van der Waals surface area contributed by atoms with Crippen molar-refractivity contribution >= 4 is 21.5 Å². The van der Waals surface area contributed by atoms with Crippen LogP contribution in [0.4, 0.5) is 0 Å². The first-order valence-corrected chi connectivity index (χ1v) is 11.9. The van der Waals surface area contributed by atoms with Crippen LogP contribution in [0.25, 0.3) is 21.5 Å². The van der Waals surface area contributed by atoms with Gasteiger partial charge in [0.05, 0.1) is 0 Å². The van der Waals surface area contributed by atoms with Gasteiger partial charge in [-0.3, -0.25) is 0 Å². The fourth-order valence-electron chi connectivity index (χ4n) is 5.45. The summed E-state index contributed by atoms with van der Waals surface area (Å²) >= 11 is 0. The van der Waals surface area contributed by atoms with Crippen LogP contribution >= 0.6 is 0 Å². The molecule has 0 amide bonds. The third-order valence-corrected chi connectivity index (χ3v) is 7.39. The van der Waals surface area contributed by atoms with Crippen molar-refractivity contribution in [2.75, 3.05) is 7.05 Å². The molecule has 0 radical (unpaired) electrons. The van der Waals surface area contributed by atoms with Gasteiger partial charge in [0.25, 0.3) is 0 Å². The van der Waals surface area contributed by atoms with Gasteiger partial charge in [-0.25, -0.2) is 0 Å². The Kier molecular flexibility index (Phi) is 6.04. The van der Waals surface area contributed by atoms with Crippen LogP contribution in [0, 0.1) is 0 Å². The number of nitrogens with zero attached hydrogens (tertiary/aromatic N) is 1. The molecule has 0 unspecified atom stereocenters. The standard InChI is InChI=1S/C30H33N/c1-31-29(19-15-23-13-17-25-7-2-4-9-27(25)21-23)11-6-12-30(31)20-16-24-14-18-26-8-3-5-10-28(26)22-24/h2-5,7-10,13-14,17-18,21-22,29-30H,6,11-12,15-16,19-20H2,1H3/t29-,30+. The van der Waals surface area contributed by atoms with Gasteiger partial charge in [0.2, 0.25) is 0 Å². The van der Waals surface area contributed by atoms with Gasteiger partial charge in [0, 0.05) is 12.1 Å². The van der Waals surface area contributed by atoms with E-state index in [1.54, 1.807) is 0 Å². The summed E-state index contributed by atoms with van der Waals surface area (Å²) in [5.74, 6) is 0. The van der Waals surface area contributed by atoms with E-state index in [-0.39, 0.29) is 0 Å². The molecule has 0 saturated carbocycles. The first-order chi connectivity index (χ1) is 15.3. The minimum absolute atomic E-state index is 0.710. The Bertz CT molecular complexity index is 1070. The largest absolute Gasteiger partial charge is 0.300 e. The average Bonchev–Trinajstić information content (AvgIpc) is 2.82. The Morgan fingerprint density at radius 1 is 0.613 bits per heavy atom. The lowest BCUT2D eigenvalue weighted by molar-refractivity contribution is 0.103. The zero-order chi connectivity index (χ0) is 21.0. The Balaban J connectivity index is 1.19. The molecule has 1 nitrogen and oxygen atoms in total. The number of piperidine rings is 1. The van der Waals surface area contributed by atoms with Gasteiger partial charge in [-0.15, -0.1) is 0 Å². The molecule has 5 rings (SSSR count). The van der Waals surface area contributed by atoms with E-state index in [9.17, 15) is 0 Å². The van der Waals surface area contributed by atoms with Crippen molar-refractivity contribution in [1.29, 1.82) is 0 Å². The van der Waals surface area contributed by atoms with Gasteiger partial charge in [-0.1, -0.05) is 91.3 Å². The predicted octanol–water partition coefficient (Wildman–Crippen LogP) is 7.41. The normalized spacial score (nSPS) is 19.8. The molecule has 31 heavy (non-hydrogen) atoms. The second-order valence-electron chi connectivity index (χ2n) is 9.34. The second-order valence-corrected chi connectivity index (χ2v) is 9.34. The van der Waals surface area contributed by atoms with Crippen LogP contribution in [-0.4, -0.2) is 24.0 Å². The monoisotopic (exact) mass is 407 g/mol. The van der Waals surface area contributed by atoms with Crippen molar-refractivity contribution in [1.82, 2.24) is 4.90 Å². The van der Waals surface area contributed by atoms with E-state index in [0.717, 1.165) is 0 Å². The third-order valence-electron chi connectivity index (χ3n) is 7.39. The van der Waals surface area contributed by atoms with Gasteiger partial charge in [-0.05, 0) is 78.2 Å². The Morgan fingerprint density at radius 3 is 1.55 bits per heavy atom. The summed E-state index contributed by atoms with van der Waals surface area (Å²) in [6.07, 6.45) is 8.94. The van der Waals surface area contributed by atoms with Crippen molar-refractivity contribution in [3.8, 4) is 0 Å². The van der Waals surface area contributed by atoms with E-state index in [4.69, 9.17) is 0 Å². The number of likely N-dealkylation sites (tertiary alicyclic amines) is 1. The SMILES string of the molecule is CN1[C@@H](CCc2ccc3ccccc3c2)CCC[C@H]1CCc1ccc2ccccc2c1. The summed E-state index contributed by atoms with van der Waals surface area (Å²) < 4.78 is 0. The summed E-state index contributed by atoms with van der Waals surface area (Å²) in [7, 11) is 2.37. The van der Waals surface area contributed by atoms with E-state index in [1.165, 1.54) is 77.6 Å². The van der Waals surface area contributed by atoms with Crippen molar-refractivity contribution in [3.05, 3.63) is 96.1 Å². The summed E-state index contributed by atoms with van der Waals surface area (Å²) in [6.45, 7) is 0. The minimum atomic E-state index is 0.710. The van der Waals surface area contributed by atoms with E-state index in [0.29, 0.717) is 12.1 Å². The van der Waals surface area contributed by atoms with Crippen LogP contribution in [0.1, 0.15) is 43.2 Å². The molecule has 158 valence electrons. The van der Waals surface area contributed by atoms with Gasteiger partial charge >= 0.3 is 0 Å². The van der Waals surface area contributed by atoms with Gasteiger partial charge in [0.1, 0.15) is 0 Å². The Labute approximate surface area is 186 Å². The zero-order valence-electron chi connectivity index (χ0n) is 18.6. The number of rotatable bonds is 6. The lowest BCUT2D eigenvalue weighted by Gasteiger charge is -2.40. The Morgan fingerprint density at radius 2 is 1.06 bits per heavy atom. The summed E-state index contributed by atoms with van der Waals surface area (Å²) in [5, 5.41) is 5.42. The maximum atomic E-state index is 2.70. The topological polar surface area (TPSA) is 3.24 Å². The zero-order valence-corrected chi connectivity index (χ0v) is 18.6. The first-order valence-electron chi connectivity index (χ1n) is 11.9. The molecule has 4 aromatic carbocycles. The van der Waals surface area contributed by atoms with Crippen LogP contribution in [0.2, 0.25) is 0 Å². The maximum Gasteiger partial charge on any atom is 0.00983 e. The molecule has 1 aliphatic rings. The number of benzene rings is 4. The van der Waals surface area contributed by atoms with Crippen LogP contribution in [0.5, 0.6) is 0 Å². The number of hydrogen-bond donors (Lipinski definition) is 0. The van der Waals surface area contributed by atoms with Crippen molar-refractivity contribution < 1.29 is 0 Å². The molecular formula is C30H33N. The molecular weight excluding hydrogens is 374 g/mol. The highest BCUT2D eigenvalue weighted by Gasteiger charge is 2.26. The average molecular weight is 408 g/mol. The van der Waals surface area contributed by atoms with Gasteiger partial charge in [0.15, 0.2) is 0 Å². The van der Waals surface area contributed by atoms with E-state index in [2.05, 4.69) is 96.9 Å². The summed E-state index contributed by atoms with van der Waals surface area (Å²) in [5.41, 5.74) is 2.95. The van der Waals surface area contributed by atoms with Gasteiger partial charge < -0.3 is 4.90 Å². The molecule has 1 heteroatoms. The molecule has 4 aromatic rings. The van der Waals surface area contributed by atoms with Crippen molar-refractivity contribution in [2.24, 2.45) is 0 Å². The van der Waals surface area contributed by atoms with E-state index in [1.807, 2.05) is 0 Å². The van der Waals surface area contributed by atoms with Crippen LogP contribution < -0.4 is 0 Å². The van der Waals surface area contributed by atoms with Crippen LogP contribution in [-0.2, 0) is 12.8 Å². The summed E-state index contributed by atoms with van der Waals surface area (Å²) in [4.78, 5) is 2.70. The lowest BCUT2D eigenvalue weighted by Crippen LogP contribution is -2.44. The van der Waals surface area contributed by atoms with Gasteiger partial charge in [-0.2, -0.15) is 0 Å². The molecule has 1 fully saturated rings. The maximum absolute atomic E-state index is 2.70. The van der Waals surface area contributed by atoms with Crippen LogP contribution in [0.15, 0.2) is 84.9 Å². The van der Waals surface area contributed by atoms with E-state index >= 15 is 0 Å². The highest BCUT2D eigenvalue weighted by Crippen LogP contribution is 2.28. The predicted molar refractivity (Wildman–Crippen MR) is 134 cm³/mol. The molecule has 0 N–H and O–H groups in total.